The molecule has 1 aromatic carbocycles. The lowest BCUT2D eigenvalue weighted by Gasteiger charge is -2.20. The van der Waals surface area contributed by atoms with E-state index in [0.717, 1.165) is 38.6 Å². The maximum absolute atomic E-state index is 12.8. The van der Waals surface area contributed by atoms with Crippen LogP contribution in [0.3, 0.4) is 0 Å². The number of carbonyl (C=O) groups excluding carboxylic acids is 1. The van der Waals surface area contributed by atoms with E-state index in [1.807, 2.05) is 11.9 Å². The van der Waals surface area contributed by atoms with Gasteiger partial charge in [-0.1, -0.05) is 31.7 Å². The summed E-state index contributed by atoms with van der Waals surface area (Å²) in [7, 11) is -1.91. The first-order valence-electron chi connectivity index (χ1n) is 10.4. The Labute approximate surface area is 168 Å². The van der Waals surface area contributed by atoms with Gasteiger partial charge in [0.2, 0.25) is 5.91 Å². The molecular weight excluding hydrogens is 374 g/mol. The van der Waals surface area contributed by atoms with Gasteiger partial charge in [0.15, 0.2) is 0 Å². The van der Waals surface area contributed by atoms with Gasteiger partial charge in [0.05, 0.1) is 4.90 Å². The summed E-state index contributed by atoms with van der Waals surface area (Å²) in [5.41, 5.74) is 0.510. The summed E-state index contributed by atoms with van der Waals surface area (Å²) >= 11 is 0. The zero-order valence-corrected chi connectivity index (χ0v) is 17.5. The number of amides is 1. The molecule has 0 spiro atoms. The van der Waals surface area contributed by atoms with Crippen molar-refractivity contribution in [1.82, 2.24) is 4.90 Å². The molecule has 1 heterocycles. The van der Waals surface area contributed by atoms with E-state index < -0.39 is 10.0 Å². The van der Waals surface area contributed by atoms with Gasteiger partial charge in [-0.2, -0.15) is 8.42 Å². The summed E-state index contributed by atoms with van der Waals surface area (Å²) in [4.78, 5) is 14.4. The van der Waals surface area contributed by atoms with Gasteiger partial charge in [0.1, 0.15) is 5.84 Å². The molecule has 1 aromatic rings. The SMILES string of the molecule is CN1CCCCC/C1=N/S(=O)(=O)c1cccc(NC(=O)CC2CCCCC2)c1. The van der Waals surface area contributed by atoms with Gasteiger partial charge in [-0.15, -0.1) is 4.40 Å². The van der Waals surface area contributed by atoms with Gasteiger partial charge >= 0.3 is 0 Å². The topological polar surface area (TPSA) is 78.8 Å². The van der Waals surface area contributed by atoms with Crippen LogP contribution >= 0.6 is 0 Å². The fourth-order valence-electron chi connectivity index (χ4n) is 4.04. The number of nitrogens with zero attached hydrogens (tertiary/aromatic N) is 2. The quantitative estimate of drug-likeness (QED) is 0.797. The average Bonchev–Trinajstić information content (AvgIpc) is 2.87. The second-order valence-corrected chi connectivity index (χ2v) is 9.60. The molecule has 1 aliphatic heterocycles. The van der Waals surface area contributed by atoms with Crippen molar-refractivity contribution >= 4 is 27.5 Å². The number of amidine groups is 1. The molecule has 1 N–H and O–H groups in total. The van der Waals surface area contributed by atoms with E-state index in [-0.39, 0.29) is 10.8 Å². The minimum Gasteiger partial charge on any atom is -0.362 e. The number of likely N-dealkylation sites (tertiary alicyclic amines) is 1. The van der Waals surface area contributed by atoms with Gasteiger partial charge in [-0.25, -0.2) is 0 Å². The third kappa shape index (κ3) is 5.80. The smallest absolute Gasteiger partial charge is 0.284 e. The van der Waals surface area contributed by atoms with Crippen LogP contribution in [-0.2, 0) is 14.8 Å². The normalized spacial score (nSPS) is 20.8. The third-order valence-corrected chi connectivity index (χ3v) is 6.98. The molecule has 1 aliphatic carbocycles. The molecule has 1 saturated heterocycles. The van der Waals surface area contributed by atoms with Crippen LogP contribution in [0.2, 0.25) is 0 Å². The largest absolute Gasteiger partial charge is 0.362 e. The Hall–Kier alpha value is -1.89. The molecule has 154 valence electrons. The van der Waals surface area contributed by atoms with Crippen LogP contribution in [0.25, 0.3) is 0 Å². The van der Waals surface area contributed by atoms with Crippen molar-refractivity contribution in [3.63, 3.8) is 0 Å². The second-order valence-electron chi connectivity index (χ2n) is 8.00. The average molecular weight is 406 g/mol. The highest BCUT2D eigenvalue weighted by Gasteiger charge is 2.20. The number of carbonyl (C=O) groups is 1. The lowest BCUT2D eigenvalue weighted by Crippen LogP contribution is -2.26. The van der Waals surface area contributed by atoms with Crippen LogP contribution in [0.1, 0.15) is 64.2 Å². The van der Waals surface area contributed by atoms with Gasteiger partial charge in [0, 0.05) is 32.1 Å². The molecule has 2 aliphatic rings. The second kappa shape index (κ2) is 9.54. The minimum atomic E-state index is -3.80. The Morgan fingerprint density at radius 2 is 1.89 bits per heavy atom. The summed E-state index contributed by atoms with van der Waals surface area (Å²) in [5.74, 6) is 1.01. The Bertz CT molecular complexity index is 814. The van der Waals surface area contributed by atoms with E-state index in [2.05, 4.69) is 9.71 Å². The van der Waals surface area contributed by atoms with Crippen molar-refractivity contribution in [2.75, 3.05) is 18.9 Å². The van der Waals surface area contributed by atoms with Crippen LogP contribution in [0.15, 0.2) is 33.6 Å². The number of rotatable bonds is 5. The van der Waals surface area contributed by atoms with E-state index in [1.165, 1.54) is 31.4 Å². The maximum atomic E-state index is 12.8. The zero-order chi connectivity index (χ0) is 20.0. The molecule has 1 amide bonds. The highest BCUT2D eigenvalue weighted by atomic mass is 32.2. The molecule has 0 atom stereocenters. The van der Waals surface area contributed by atoms with Gasteiger partial charge < -0.3 is 10.2 Å². The molecular formula is C21H31N3O3S. The van der Waals surface area contributed by atoms with E-state index in [9.17, 15) is 13.2 Å². The minimum absolute atomic E-state index is 0.0451. The van der Waals surface area contributed by atoms with Crippen molar-refractivity contribution in [3.8, 4) is 0 Å². The van der Waals surface area contributed by atoms with Gasteiger partial charge in [-0.05, 0) is 49.8 Å². The van der Waals surface area contributed by atoms with Gasteiger partial charge in [0.25, 0.3) is 10.0 Å². The van der Waals surface area contributed by atoms with E-state index in [4.69, 9.17) is 0 Å². The molecule has 0 radical (unpaired) electrons. The molecule has 28 heavy (non-hydrogen) atoms. The molecule has 3 rings (SSSR count). The number of hydrogen-bond acceptors (Lipinski definition) is 3. The van der Waals surface area contributed by atoms with Crippen molar-refractivity contribution in [2.45, 2.75) is 69.1 Å². The third-order valence-electron chi connectivity index (χ3n) is 5.67. The molecule has 2 fully saturated rings. The molecule has 7 heteroatoms. The van der Waals surface area contributed by atoms with Crippen molar-refractivity contribution < 1.29 is 13.2 Å². The standard InChI is InChI=1S/C21H31N3O3S/c1-24-14-7-3-6-13-20(24)23-28(26,27)19-12-8-11-18(16-19)22-21(25)15-17-9-4-2-5-10-17/h8,11-12,16-17H,2-7,9-10,13-15H2,1H3,(H,22,25)/b23-20-. The fraction of sp³-hybridized carbons (Fsp3) is 0.619. The Kier molecular flexibility index (Phi) is 7.10. The molecule has 0 aromatic heterocycles. The highest BCUT2D eigenvalue weighted by molar-refractivity contribution is 7.90. The Balaban J connectivity index is 1.69. The zero-order valence-electron chi connectivity index (χ0n) is 16.7. The van der Waals surface area contributed by atoms with Crippen molar-refractivity contribution in [1.29, 1.82) is 0 Å². The first-order chi connectivity index (χ1) is 13.4. The first-order valence-corrected chi connectivity index (χ1v) is 11.8. The Morgan fingerprint density at radius 1 is 1.14 bits per heavy atom. The summed E-state index contributed by atoms with van der Waals surface area (Å²) in [6.07, 6.45) is 10.1. The number of benzene rings is 1. The van der Waals surface area contributed by atoms with Crippen LogP contribution < -0.4 is 5.32 Å². The predicted octanol–water partition coefficient (Wildman–Crippen LogP) is 4.19. The van der Waals surface area contributed by atoms with E-state index in [1.54, 1.807) is 12.1 Å². The summed E-state index contributed by atoms with van der Waals surface area (Å²) in [6, 6.07) is 6.42. The van der Waals surface area contributed by atoms with Crippen LogP contribution in [0.5, 0.6) is 0 Å². The lowest BCUT2D eigenvalue weighted by atomic mass is 9.87. The summed E-state index contributed by atoms with van der Waals surface area (Å²) in [5, 5.41) is 2.86. The fourth-order valence-corrected chi connectivity index (χ4v) is 5.18. The van der Waals surface area contributed by atoms with Crippen molar-refractivity contribution in [3.05, 3.63) is 24.3 Å². The number of hydrogen-bond donors (Lipinski definition) is 1. The van der Waals surface area contributed by atoms with E-state index >= 15 is 0 Å². The van der Waals surface area contributed by atoms with Crippen molar-refractivity contribution in [2.24, 2.45) is 10.3 Å². The molecule has 0 bridgehead atoms. The molecule has 0 unspecified atom stereocenters. The van der Waals surface area contributed by atoms with Crippen LogP contribution in [0.4, 0.5) is 5.69 Å². The summed E-state index contributed by atoms with van der Waals surface area (Å²) < 4.78 is 29.7. The van der Waals surface area contributed by atoms with Crippen LogP contribution in [0, 0.1) is 5.92 Å². The number of sulfonamides is 1. The Morgan fingerprint density at radius 3 is 2.68 bits per heavy atom. The monoisotopic (exact) mass is 405 g/mol. The molecule has 1 saturated carbocycles. The lowest BCUT2D eigenvalue weighted by molar-refractivity contribution is -0.117. The molecule has 6 nitrogen and oxygen atoms in total. The maximum Gasteiger partial charge on any atom is 0.284 e. The number of nitrogens with one attached hydrogen (secondary N) is 1. The first kappa shape index (κ1) is 20.8. The summed E-state index contributed by atoms with van der Waals surface area (Å²) in [6.45, 7) is 0.825. The van der Waals surface area contributed by atoms with E-state index in [0.29, 0.717) is 30.3 Å². The number of anilines is 1. The highest BCUT2D eigenvalue weighted by Crippen LogP contribution is 2.27. The van der Waals surface area contributed by atoms with Crippen LogP contribution in [-0.4, -0.2) is 38.7 Å². The van der Waals surface area contributed by atoms with Gasteiger partial charge in [-0.3, -0.25) is 4.79 Å². The predicted molar refractivity (Wildman–Crippen MR) is 112 cm³/mol.